The summed E-state index contributed by atoms with van der Waals surface area (Å²) in [5, 5.41) is 8.60. The van der Waals surface area contributed by atoms with E-state index >= 15 is 0 Å². The van der Waals surface area contributed by atoms with Crippen LogP contribution in [0.25, 0.3) is 0 Å². The van der Waals surface area contributed by atoms with Gasteiger partial charge >= 0.3 is 0 Å². The third-order valence-corrected chi connectivity index (χ3v) is 2.70. The van der Waals surface area contributed by atoms with Crippen molar-refractivity contribution in [2.24, 2.45) is 5.73 Å². The van der Waals surface area contributed by atoms with Gasteiger partial charge in [-0.3, -0.25) is 0 Å². The Labute approximate surface area is 107 Å². The molecular formula is C13H21FN2O2. The van der Waals surface area contributed by atoms with Crippen LogP contribution in [0.4, 0.5) is 10.1 Å². The summed E-state index contributed by atoms with van der Waals surface area (Å²) in [5.41, 5.74) is 7.09. The molecule has 0 spiro atoms. The number of aliphatic hydroxyl groups is 1. The van der Waals surface area contributed by atoms with Gasteiger partial charge in [-0.1, -0.05) is 6.07 Å². The number of likely N-dealkylation sites (N-methyl/N-ethyl adjacent to an activating group) is 1. The fourth-order valence-corrected chi connectivity index (χ4v) is 1.80. The summed E-state index contributed by atoms with van der Waals surface area (Å²) < 4.78 is 18.9. The molecule has 1 atom stereocenters. The fraction of sp³-hybridized carbons (Fsp3) is 0.538. The van der Waals surface area contributed by atoms with Gasteiger partial charge in [-0.15, -0.1) is 0 Å². The molecule has 102 valence electrons. The topological polar surface area (TPSA) is 58.7 Å². The molecule has 0 bridgehead atoms. The Morgan fingerprint density at radius 3 is 2.78 bits per heavy atom. The molecule has 4 nitrogen and oxygen atoms in total. The first-order chi connectivity index (χ1) is 8.57. The maximum Gasteiger partial charge on any atom is 0.130 e. The van der Waals surface area contributed by atoms with Crippen LogP contribution in [0.1, 0.15) is 18.5 Å². The largest absolute Gasteiger partial charge is 0.394 e. The van der Waals surface area contributed by atoms with Gasteiger partial charge in [-0.2, -0.15) is 0 Å². The van der Waals surface area contributed by atoms with E-state index in [0.29, 0.717) is 25.3 Å². The molecule has 0 saturated heterocycles. The van der Waals surface area contributed by atoms with E-state index in [1.54, 1.807) is 13.0 Å². The Hall–Kier alpha value is -1.17. The third kappa shape index (κ3) is 3.94. The first-order valence-corrected chi connectivity index (χ1v) is 6.01. The molecule has 0 amide bonds. The number of nitrogens with two attached hydrogens (primary N) is 1. The lowest BCUT2D eigenvalue weighted by Crippen LogP contribution is -2.25. The summed E-state index contributed by atoms with van der Waals surface area (Å²) in [5.74, 6) is -0.286. The molecule has 0 aliphatic carbocycles. The molecule has 1 rings (SSSR count). The second-order valence-electron chi connectivity index (χ2n) is 4.22. The molecule has 3 N–H and O–H groups in total. The number of benzene rings is 1. The van der Waals surface area contributed by atoms with Crippen molar-refractivity contribution in [3.05, 3.63) is 29.6 Å². The summed E-state index contributed by atoms with van der Waals surface area (Å²) >= 11 is 0. The van der Waals surface area contributed by atoms with Crippen LogP contribution in [-0.2, 0) is 4.74 Å². The molecule has 0 fully saturated rings. The Bertz CT molecular complexity index is 372. The third-order valence-electron chi connectivity index (χ3n) is 2.70. The van der Waals surface area contributed by atoms with Crippen molar-refractivity contribution >= 4 is 5.69 Å². The van der Waals surface area contributed by atoms with Crippen molar-refractivity contribution in [1.29, 1.82) is 0 Å². The Morgan fingerprint density at radius 2 is 2.17 bits per heavy atom. The Balaban J connectivity index is 2.72. The lowest BCUT2D eigenvalue weighted by Gasteiger charge is -2.24. The summed E-state index contributed by atoms with van der Waals surface area (Å²) in [6.07, 6.45) is 0. The quantitative estimate of drug-likeness (QED) is 0.722. The number of aliphatic hydroxyl groups excluding tert-OH is 1. The van der Waals surface area contributed by atoms with Gasteiger partial charge in [-0.05, 0) is 19.1 Å². The molecule has 5 heteroatoms. The Morgan fingerprint density at radius 1 is 1.44 bits per heavy atom. The highest BCUT2D eigenvalue weighted by Gasteiger charge is 2.15. The van der Waals surface area contributed by atoms with Crippen molar-refractivity contribution < 1.29 is 14.2 Å². The fourth-order valence-electron chi connectivity index (χ4n) is 1.80. The van der Waals surface area contributed by atoms with Gasteiger partial charge in [0.2, 0.25) is 0 Å². The molecule has 18 heavy (non-hydrogen) atoms. The summed E-state index contributed by atoms with van der Waals surface area (Å²) in [6, 6.07) is 4.57. The van der Waals surface area contributed by atoms with Crippen molar-refractivity contribution in [1.82, 2.24) is 0 Å². The summed E-state index contributed by atoms with van der Waals surface area (Å²) in [4.78, 5) is 1.90. The standard InChI is InChI=1S/C13H21FN2O2/c1-10(15)13-11(14)4-3-5-12(13)16(2)6-8-18-9-7-17/h3-5,10,17H,6-9,15H2,1-2H3/t10-/m1/s1. The molecule has 0 radical (unpaired) electrons. The predicted octanol–water partition coefficient (Wildman–Crippen LogP) is 1.29. The van der Waals surface area contributed by atoms with Crippen molar-refractivity contribution in [2.45, 2.75) is 13.0 Å². The van der Waals surface area contributed by atoms with Crippen LogP contribution in [0.3, 0.4) is 0 Å². The second kappa shape index (κ2) is 7.31. The summed E-state index contributed by atoms with van der Waals surface area (Å²) in [6.45, 7) is 3.18. The van der Waals surface area contributed by atoms with Crippen LogP contribution < -0.4 is 10.6 Å². The van der Waals surface area contributed by atoms with Crippen LogP contribution >= 0.6 is 0 Å². The maximum atomic E-state index is 13.7. The zero-order valence-electron chi connectivity index (χ0n) is 10.9. The van der Waals surface area contributed by atoms with Gasteiger partial charge in [0.25, 0.3) is 0 Å². The maximum absolute atomic E-state index is 13.7. The van der Waals surface area contributed by atoms with Crippen molar-refractivity contribution in [3.8, 4) is 0 Å². The summed E-state index contributed by atoms with van der Waals surface area (Å²) in [7, 11) is 1.86. The number of ether oxygens (including phenoxy) is 1. The minimum atomic E-state index is -0.359. The lowest BCUT2D eigenvalue weighted by atomic mass is 10.1. The van der Waals surface area contributed by atoms with Crippen LogP contribution in [0, 0.1) is 5.82 Å². The first-order valence-electron chi connectivity index (χ1n) is 6.01. The van der Waals surface area contributed by atoms with Gasteiger partial charge in [-0.25, -0.2) is 4.39 Å². The zero-order chi connectivity index (χ0) is 13.5. The number of rotatable bonds is 7. The van der Waals surface area contributed by atoms with E-state index in [0.717, 1.165) is 5.69 Å². The van der Waals surface area contributed by atoms with Gasteiger partial charge < -0.3 is 20.5 Å². The molecule has 0 aliphatic heterocycles. The Kier molecular flexibility index (Phi) is 6.04. The van der Waals surface area contributed by atoms with Crippen LogP contribution in [0.2, 0.25) is 0 Å². The van der Waals surface area contributed by atoms with Crippen molar-refractivity contribution in [2.75, 3.05) is 38.3 Å². The van der Waals surface area contributed by atoms with Crippen LogP contribution in [-0.4, -0.2) is 38.5 Å². The van der Waals surface area contributed by atoms with E-state index < -0.39 is 0 Å². The SMILES string of the molecule is C[C@@H](N)c1c(F)cccc1N(C)CCOCCO. The van der Waals surface area contributed by atoms with E-state index in [9.17, 15) is 4.39 Å². The number of hydrogen-bond donors (Lipinski definition) is 2. The van der Waals surface area contributed by atoms with E-state index in [1.165, 1.54) is 6.07 Å². The molecule has 1 aromatic carbocycles. The zero-order valence-corrected chi connectivity index (χ0v) is 10.9. The highest BCUT2D eigenvalue weighted by molar-refractivity contribution is 5.54. The van der Waals surface area contributed by atoms with Gasteiger partial charge in [0, 0.05) is 30.9 Å². The van der Waals surface area contributed by atoms with Crippen molar-refractivity contribution in [3.63, 3.8) is 0 Å². The second-order valence-corrected chi connectivity index (χ2v) is 4.22. The lowest BCUT2D eigenvalue weighted by molar-refractivity contribution is 0.0971. The minimum absolute atomic E-state index is 0.00869. The van der Waals surface area contributed by atoms with Crippen LogP contribution in [0.15, 0.2) is 18.2 Å². The number of halogens is 1. The van der Waals surface area contributed by atoms with E-state index in [-0.39, 0.29) is 18.5 Å². The van der Waals surface area contributed by atoms with E-state index in [2.05, 4.69) is 0 Å². The number of nitrogens with zero attached hydrogens (tertiary/aromatic N) is 1. The van der Waals surface area contributed by atoms with Gasteiger partial charge in [0.05, 0.1) is 19.8 Å². The molecule has 0 aromatic heterocycles. The van der Waals surface area contributed by atoms with Gasteiger partial charge in [0.15, 0.2) is 0 Å². The van der Waals surface area contributed by atoms with Crippen LogP contribution in [0.5, 0.6) is 0 Å². The smallest absolute Gasteiger partial charge is 0.130 e. The average Bonchev–Trinajstić information content (AvgIpc) is 2.33. The molecule has 0 unspecified atom stereocenters. The number of anilines is 1. The molecule has 0 heterocycles. The van der Waals surface area contributed by atoms with E-state index in [4.69, 9.17) is 15.6 Å². The predicted molar refractivity (Wildman–Crippen MR) is 70.2 cm³/mol. The molecule has 0 aliphatic rings. The molecular weight excluding hydrogens is 235 g/mol. The molecule has 0 saturated carbocycles. The number of hydrogen-bond acceptors (Lipinski definition) is 4. The highest BCUT2D eigenvalue weighted by atomic mass is 19.1. The molecule has 1 aromatic rings. The van der Waals surface area contributed by atoms with Gasteiger partial charge in [0.1, 0.15) is 5.82 Å². The highest BCUT2D eigenvalue weighted by Crippen LogP contribution is 2.26. The monoisotopic (exact) mass is 256 g/mol. The normalized spacial score (nSPS) is 12.5. The average molecular weight is 256 g/mol. The van der Waals surface area contributed by atoms with E-state index in [1.807, 2.05) is 18.0 Å². The minimum Gasteiger partial charge on any atom is -0.394 e. The first kappa shape index (κ1) is 14.9.